The topological polar surface area (TPSA) is 58.0 Å². The fourth-order valence-electron chi connectivity index (χ4n) is 1.76. The summed E-state index contributed by atoms with van der Waals surface area (Å²) in [5.74, 6) is -1.01. The lowest BCUT2D eigenvalue weighted by Gasteiger charge is -2.16. The van der Waals surface area contributed by atoms with Gasteiger partial charge in [0.1, 0.15) is 0 Å². The number of anilines is 1. The number of halogens is 1. The Balaban J connectivity index is 2.19. The molecule has 18 heavy (non-hydrogen) atoms. The molecular weight excluding hydrogens is 233 g/mol. The van der Waals surface area contributed by atoms with Gasteiger partial charge in [-0.25, -0.2) is 4.39 Å². The van der Waals surface area contributed by atoms with E-state index in [0.29, 0.717) is 5.69 Å². The van der Waals surface area contributed by atoms with Gasteiger partial charge < -0.3 is 10.4 Å². The second-order valence-corrected chi connectivity index (χ2v) is 4.06. The van der Waals surface area contributed by atoms with Crippen molar-refractivity contribution in [3.63, 3.8) is 0 Å². The Kier molecular flexibility index (Phi) is 3.41. The molecule has 94 valence electrons. The minimum Gasteiger partial charge on any atom is -0.505 e. The van der Waals surface area contributed by atoms with E-state index in [1.807, 2.05) is 13.8 Å². The zero-order valence-corrected chi connectivity index (χ0v) is 10.2. The molecule has 0 aliphatic rings. The fraction of sp³-hybridized carbons (Fsp3) is 0.231. The Bertz CT molecular complexity index is 560. The van der Waals surface area contributed by atoms with Crippen molar-refractivity contribution in [1.82, 2.24) is 9.97 Å². The number of hydrogen-bond acceptors (Lipinski definition) is 4. The van der Waals surface area contributed by atoms with Gasteiger partial charge in [0.05, 0.1) is 17.4 Å². The van der Waals surface area contributed by atoms with Crippen LogP contribution >= 0.6 is 0 Å². The van der Waals surface area contributed by atoms with E-state index in [-0.39, 0.29) is 11.8 Å². The van der Waals surface area contributed by atoms with E-state index < -0.39 is 5.82 Å². The second kappa shape index (κ2) is 5.00. The van der Waals surface area contributed by atoms with E-state index in [2.05, 4.69) is 15.3 Å². The average molecular weight is 247 g/mol. The van der Waals surface area contributed by atoms with Gasteiger partial charge in [0, 0.05) is 24.1 Å². The van der Waals surface area contributed by atoms with Gasteiger partial charge in [-0.3, -0.25) is 9.97 Å². The zero-order chi connectivity index (χ0) is 13.1. The van der Waals surface area contributed by atoms with E-state index in [9.17, 15) is 4.39 Å². The summed E-state index contributed by atoms with van der Waals surface area (Å²) in [7, 11) is 0. The molecule has 1 aromatic heterocycles. The number of aromatic nitrogens is 2. The molecule has 5 heteroatoms. The van der Waals surface area contributed by atoms with Crippen molar-refractivity contribution in [2.45, 2.75) is 19.9 Å². The van der Waals surface area contributed by atoms with Gasteiger partial charge in [0.2, 0.25) is 0 Å². The number of phenols is 1. The molecule has 0 spiro atoms. The Morgan fingerprint density at radius 3 is 2.67 bits per heavy atom. The van der Waals surface area contributed by atoms with Gasteiger partial charge in [0.25, 0.3) is 0 Å². The highest BCUT2D eigenvalue weighted by Crippen LogP contribution is 2.23. The van der Waals surface area contributed by atoms with Crippen LogP contribution in [0.2, 0.25) is 0 Å². The molecule has 0 radical (unpaired) electrons. The predicted octanol–water partition coefficient (Wildman–Crippen LogP) is 2.80. The largest absolute Gasteiger partial charge is 0.505 e. The number of rotatable bonds is 3. The molecule has 0 saturated heterocycles. The van der Waals surface area contributed by atoms with Crippen LogP contribution in [-0.2, 0) is 0 Å². The molecule has 0 amide bonds. The van der Waals surface area contributed by atoms with Crippen LogP contribution in [0, 0.1) is 12.7 Å². The highest BCUT2D eigenvalue weighted by molar-refractivity contribution is 5.48. The number of aryl methyl sites for hydroxylation is 1. The van der Waals surface area contributed by atoms with Crippen LogP contribution in [0.15, 0.2) is 30.6 Å². The third kappa shape index (κ3) is 2.56. The molecule has 2 rings (SSSR count). The molecule has 0 aliphatic heterocycles. The molecule has 0 saturated carbocycles. The van der Waals surface area contributed by atoms with Crippen LogP contribution < -0.4 is 5.32 Å². The minimum atomic E-state index is -0.650. The SMILES string of the molecule is Cc1nccnc1C(C)Nc1ccc(O)c(F)c1. The molecule has 1 atom stereocenters. The molecule has 0 aliphatic carbocycles. The third-order valence-electron chi connectivity index (χ3n) is 2.66. The van der Waals surface area contributed by atoms with Gasteiger partial charge >= 0.3 is 0 Å². The normalized spacial score (nSPS) is 12.2. The van der Waals surface area contributed by atoms with Crippen LogP contribution in [0.4, 0.5) is 10.1 Å². The lowest BCUT2D eigenvalue weighted by atomic mass is 10.1. The summed E-state index contributed by atoms with van der Waals surface area (Å²) in [6, 6.07) is 4.08. The van der Waals surface area contributed by atoms with E-state index in [4.69, 9.17) is 5.11 Å². The first-order valence-corrected chi connectivity index (χ1v) is 5.60. The van der Waals surface area contributed by atoms with Crippen LogP contribution in [0.25, 0.3) is 0 Å². The quantitative estimate of drug-likeness (QED) is 0.819. The number of hydrogen-bond donors (Lipinski definition) is 2. The second-order valence-electron chi connectivity index (χ2n) is 4.06. The zero-order valence-electron chi connectivity index (χ0n) is 10.2. The molecule has 0 fully saturated rings. The summed E-state index contributed by atoms with van der Waals surface area (Å²) in [4.78, 5) is 8.40. The number of benzene rings is 1. The first-order valence-electron chi connectivity index (χ1n) is 5.60. The Morgan fingerprint density at radius 2 is 2.00 bits per heavy atom. The molecule has 1 aromatic carbocycles. The molecule has 2 N–H and O–H groups in total. The Hall–Kier alpha value is -2.17. The van der Waals surface area contributed by atoms with Crippen LogP contribution in [-0.4, -0.2) is 15.1 Å². The van der Waals surface area contributed by atoms with Gasteiger partial charge in [0.15, 0.2) is 11.6 Å². The smallest absolute Gasteiger partial charge is 0.166 e. The van der Waals surface area contributed by atoms with Crippen LogP contribution in [0.5, 0.6) is 5.75 Å². The fourth-order valence-corrected chi connectivity index (χ4v) is 1.76. The predicted molar refractivity (Wildman–Crippen MR) is 66.9 cm³/mol. The van der Waals surface area contributed by atoms with Crippen molar-refractivity contribution in [1.29, 1.82) is 0 Å². The monoisotopic (exact) mass is 247 g/mol. The number of aromatic hydroxyl groups is 1. The van der Waals surface area contributed by atoms with Crippen molar-refractivity contribution < 1.29 is 9.50 Å². The summed E-state index contributed by atoms with van der Waals surface area (Å²) < 4.78 is 13.2. The number of nitrogens with zero attached hydrogens (tertiary/aromatic N) is 2. The maximum atomic E-state index is 13.2. The lowest BCUT2D eigenvalue weighted by Crippen LogP contribution is -2.11. The summed E-state index contributed by atoms with van der Waals surface area (Å²) in [6.45, 7) is 3.79. The lowest BCUT2D eigenvalue weighted by molar-refractivity contribution is 0.432. The Labute approximate surface area is 105 Å². The van der Waals surface area contributed by atoms with Crippen molar-refractivity contribution in [2.75, 3.05) is 5.32 Å². The molecular formula is C13H14FN3O. The first kappa shape index (κ1) is 12.3. The van der Waals surface area contributed by atoms with E-state index in [0.717, 1.165) is 11.4 Å². The van der Waals surface area contributed by atoms with Crippen molar-refractivity contribution in [2.24, 2.45) is 0 Å². The number of phenolic OH excluding ortho intramolecular Hbond substituents is 1. The maximum absolute atomic E-state index is 13.2. The third-order valence-corrected chi connectivity index (χ3v) is 2.66. The highest BCUT2D eigenvalue weighted by Gasteiger charge is 2.11. The molecule has 0 bridgehead atoms. The molecule has 1 heterocycles. The Morgan fingerprint density at radius 1 is 1.28 bits per heavy atom. The maximum Gasteiger partial charge on any atom is 0.166 e. The highest BCUT2D eigenvalue weighted by atomic mass is 19.1. The summed E-state index contributed by atoms with van der Waals surface area (Å²) in [6.07, 6.45) is 3.25. The summed E-state index contributed by atoms with van der Waals surface area (Å²) in [5.41, 5.74) is 2.23. The molecule has 4 nitrogen and oxygen atoms in total. The molecule has 1 unspecified atom stereocenters. The van der Waals surface area contributed by atoms with Gasteiger partial charge in [-0.15, -0.1) is 0 Å². The van der Waals surface area contributed by atoms with E-state index in [1.165, 1.54) is 12.1 Å². The molecule has 2 aromatic rings. The van der Waals surface area contributed by atoms with Gasteiger partial charge in [-0.1, -0.05) is 0 Å². The minimum absolute atomic E-state index is 0.0948. The van der Waals surface area contributed by atoms with Crippen molar-refractivity contribution >= 4 is 5.69 Å². The standard InChI is InChI=1S/C13H14FN3O/c1-8-13(16-6-5-15-8)9(2)17-10-3-4-12(18)11(14)7-10/h3-7,9,17-18H,1-2H3. The van der Waals surface area contributed by atoms with Crippen molar-refractivity contribution in [3.05, 3.63) is 47.8 Å². The summed E-state index contributed by atoms with van der Waals surface area (Å²) >= 11 is 0. The van der Waals surface area contributed by atoms with Crippen LogP contribution in [0.3, 0.4) is 0 Å². The van der Waals surface area contributed by atoms with E-state index >= 15 is 0 Å². The van der Waals surface area contributed by atoms with Crippen LogP contribution in [0.1, 0.15) is 24.4 Å². The van der Waals surface area contributed by atoms with E-state index in [1.54, 1.807) is 18.5 Å². The first-order chi connectivity index (χ1) is 8.58. The average Bonchev–Trinajstić information content (AvgIpc) is 2.34. The van der Waals surface area contributed by atoms with Gasteiger partial charge in [-0.2, -0.15) is 0 Å². The van der Waals surface area contributed by atoms with Crippen molar-refractivity contribution in [3.8, 4) is 5.75 Å². The van der Waals surface area contributed by atoms with Gasteiger partial charge in [-0.05, 0) is 26.0 Å². The number of nitrogens with one attached hydrogen (secondary N) is 1. The summed E-state index contributed by atoms with van der Waals surface area (Å²) in [5, 5.41) is 12.2.